The quantitative estimate of drug-likeness (QED) is 0.777. The Hall–Kier alpha value is -1.66. The Morgan fingerprint density at radius 3 is 2.46 bits per heavy atom. The number of hydrogen-bond acceptors (Lipinski definition) is 5. The van der Waals surface area contributed by atoms with Crippen LogP contribution < -0.4 is 5.32 Å². The van der Waals surface area contributed by atoms with E-state index in [1.54, 1.807) is 6.20 Å². The maximum Gasteiger partial charge on any atom is 0.255 e. The Balaban J connectivity index is 1.47. The first-order valence-corrected chi connectivity index (χ1v) is 10.9. The Bertz CT molecular complexity index is 605. The van der Waals surface area contributed by atoms with Crippen molar-refractivity contribution in [1.29, 1.82) is 0 Å². The first kappa shape index (κ1) is 21.1. The van der Waals surface area contributed by atoms with Gasteiger partial charge in [-0.3, -0.25) is 9.69 Å². The van der Waals surface area contributed by atoms with Gasteiger partial charge in [-0.25, -0.2) is 4.98 Å². The highest BCUT2D eigenvalue weighted by atomic mass is 16.5. The van der Waals surface area contributed by atoms with E-state index < -0.39 is 0 Å². The molecular weight excluding hydrogens is 352 g/mol. The molecule has 2 aliphatic rings. The number of anilines is 1. The number of carbonyl (C=O) groups is 1. The van der Waals surface area contributed by atoms with E-state index in [0.717, 1.165) is 64.5 Å². The van der Waals surface area contributed by atoms with Crippen molar-refractivity contribution in [2.75, 3.05) is 44.7 Å². The molecule has 6 heteroatoms. The van der Waals surface area contributed by atoms with Crippen molar-refractivity contribution >= 4 is 11.7 Å². The predicted octanol–water partition coefficient (Wildman–Crippen LogP) is 3.26. The van der Waals surface area contributed by atoms with E-state index in [-0.39, 0.29) is 5.91 Å². The third-order valence-electron chi connectivity index (χ3n) is 5.90. The van der Waals surface area contributed by atoms with Crippen molar-refractivity contribution in [2.24, 2.45) is 5.92 Å². The van der Waals surface area contributed by atoms with Crippen LogP contribution in [-0.4, -0.2) is 72.2 Å². The first-order valence-electron chi connectivity index (χ1n) is 10.9. The molecule has 28 heavy (non-hydrogen) atoms. The van der Waals surface area contributed by atoms with Crippen molar-refractivity contribution in [3.63, 3.8) is 0 Å². The summed E-state index contributed by atoms with van der Waals surface area (Å²) < 4.78 is 5.45. The van der Waals surface area contributed by atoms with Gasteiger partial charge in [0.2, 0.25) is 0 Å². The highest BCUT2D eigenvalue weighted by Crippen LogP contribution is 2.20. The third kappa shape index (κ3) is 5.92. The Kier molecular flexibility index (Phi) is 7.68. The molecule has 1 atom stereocenters. The summed E-state index contributed by atoms with van der Waals surface area (Å²) in [6, 6.07) is 4.81. The summed E-state index contributed by atoms with van der Waals surface area (Å²) in [5, 5.41) is 3.43. The summed E-state index contributed by atoms with van der Waals surface area (Å²) in [6.07, 6.45) is 6.13. The second kappa shape index (κ2) is 10.2. The molecule has 1 amide bonds. The fourth-order valence-corrected chi connectivity index (χ4v) is 4.07. The molecule has 0 aliphatic carbocycles. The second-order valence-electron chi connectivity index (χ2n) is 8.62. The minimum Gasteiger partial charge on any atom is -0.379 e. The smallest absolute Gasteiger partial charge is 0.255 e. The molecule has 3 heterocycles. The van der Waals surface area contributed by atoms with Gasteiger partial charge in [0.1, 0.15) is 5.82 Å². The summed E-state index contributed by atoms with van der Waals surface area (Å²) in [5.41, 5.74) is 0.685. The number of rotatable bonds is 7. The molecule has 1 unspecified atom stereocenters. The predicted molar refractivity (Wildman–Crippen MR) is 113 cm³/mol. The Morgan fingerprint density at radius 2 is 1.86 bits per heavy atom. The molecule has 2 aliphatic heterocycles. The number of morpholine rings is 1. The molecule has 2 fully saturated rings. The van der Waals surface area contributed by atoms with Crippen molar-refractivity contribution in [3.8, 4) is 0 Å². The van der Waals surface area contributed by atoms with Crippen LogP contribution in [0.3, 0.4) is 0 Å². The van der Waals surface area contributed by atoms with Crippen LogP contribution in [-0.2, 0) is 4.74 Å². The van der Waals surface area contributed by atoms with Crippen molar-refractivity contribution < 1.29 is 9.53 Å². The molecule has 0 bridgehead atoms. The van der Waals surface area contributed by atoms with E-state index in [2.05, 4.69) is 36.0 Å². The minimum atomic E-state index is 0.104. The molecule has 2 saturated heterocycles. The minimum absolute atomic E-state index is 0.104. The molecule has 6 nitrogen and oxygen atoms in total. The normalized spacial score (nSPS) is 20.4. The highest BCUT2D eigenvalue weighted by Gasteiger charge is 2.28. The van der Waals surface area contributed by atoms with Crippen LogP contribution in [0.2, 0.25) is 0 Å². The summed E-state index contributed by atoms with van der Waals surface area (Å²) in [6.45, 7) is 12.0. The highest BCUT2D eigenvalue weighted by molar-refractivity contribution is 5.94. The summed E-state index contributed by atoms with van der Waals surface area (Å²) in [4.78, 5) is 21.8. The Labute approximate surface area is 169 Å². The lowest BCUT2D eigenvalue weighted by molar-refractivity contribution is 0.00158. The van der Waals surface area contributed by atoms with E-state index in [1.165, 1.54) is 6.42 Å². The first-order chi connectivity index (χ1) is 13.5. The fourth-order valence-electron chi connectivity index (χ4n) is 4.07. The van der Waals surface area contributed by atoms with Gasteiger partial charge in [0.15, 0.2) is 0 Å². The number of nitrogens with zero attached hydrogens (tertiary/aromatic N) is 3. The van der Waals surface area contributed by atoms with Gasteiger partial charge < -0.3 is 15.0 Å². The average Bonchev–Trinajstić information content (AvgIpc) is 2.73. The van der Waals surface area contributed by atoms with Gasteiger partial charge in [-0.1, -0.05) is 13.8 Å². The zero-order chi connectivity index (χ0) is 19.9. The Morgan fingerprint density at radius 1 is 1.14 bits per heavy atom. The third-order valence-corrected chi connectivity index (χ3v) is 5.90. The zero-order valence-electron chi connectivity index (χ0n) is 17.7. The standard InChI is InChI=1S/C22H36N4O2/c1-17(2)4-5-18(3)24-21-7-6-19(16-23-21)22(27)26-10-8-20(9-11-26)25-12-14-28-15-13-25/h6-7,16-18,20H,4-5,8-15H2,1-3H3,(H,23,24). The van der Waals surface area contributed by atoms with Crippen LogP contribution in [0.1, 0.15) is 56.8 Å². The molecule has 0 aromatic carbocycles. The fraction of sp³-hybridized carbons (Fsp3) is 0.727. The molecule has 0 radical (unpaired) electrons. The van der Waals surface area contributed by atoms with Gasteiger partial charge in [-0.05, 0) is 50.7 Å². The van der Waals surface area contributed by atoms with Gasteiger partial charge in [-0.15, -0.1) is 0 Å². The molecule has 156 valence electrons. The number of ether oxygens (including phenoxy) is 1. The largest absolute Gasteiger partial charge is 0.379 e. The van der Waals surface area contributed by atoms with Crippen LogP contribution in [0.4, 0.5) is 5.82 Å². The SMILES string of the molecule is CC(C)CCC(C)Nc1ccc(C(=O)N2CCC(N3CCOCC3)CC2)cn1. The summed E-state index contributed by atoms with van der Waals surface area (Å²) in [5.74, 6) is 1.66. The van der Waals surface area contributed by atoms with Crippen molar-refractivity contribution in [2.45, 2.75) is 58.5 Å². The van der Waals surface area contributed by atoms with Crippen molar-refractivity contribution in [1.82, 2.24) is 14.8 Å². The van der Waals surface area contributed by atoms with Gasteiger partial charge in [0.05, 0.1) is 18.8 Å². The van der Waals surface area contributed by atoms with E-state index in [4.69, 9.17) is 4.74 Å². The molecule has 3 rings (SSSR count). The lowest BCUT2D eigenvalue weighted by Gasteiger charge is -2.40. The van der Waals surface area contributed by atoms with Crippen LogP contribution in [0.25, 0.3) is 0 Å². The summed E-state index contributed by atoms with van der Waals surface area (Å²) >= 11 is 0. The van der Waals surface area contributed by atoms with Crippen LogP contribution in [0, 0.1) is 5.92 Å². The molecule has 1 aromatic rings. The lowest BCUT2D eigenvalue weighted by atomic mass is 10.0. The van der Waals surface area contributed by atoms with E-state index >= 15 is 0 Å². The molecule has 1 N–H and O–H groups in total. The maximum atomic E-state index is 12.8. The number of carbonyl (C=O) groups excluding carboxylic acids is 1. The monoisotopic (exact) mass is 388 g/mol. The summed E-state index contributed by atoms with van der Waals surface area (Å²) in [7, 11) is 0. The van der Waals surface area contributed by atoms with Crippen LogP contribution >= 0.6 is 0 Å². The molecule has 1 aromatic heterocycles. The second-order valence-corrected chi connectivity index (χ2v) is 8.62. The van der Waals surface area contributed by atoms with Gasteiger partial charge in [0.25, 0.3) is 5.91 Å². The molecule has 0 spiro atoms. The lowest BCUT2D eigenvalue weighted by Crippen LogP contribution is -2.50. The van der Waals surface area contributed by atoms with E-state index in [9.17, 15) is 4.79 Å². The van der Waals surface area contributed by atoms with E-state index in [0.29, 0.717) is 23.6 Å². The number of piperidine rings is 1. The number of hydrogen-bond donors (Lipinski definition) is 1. The maximum absolute atomic E-state index is 12.8. The molecule has 0 saturated carbocycles. The van der Waals surface area contributed by atoms with Crippen LogP contribution in [0.15, 0.2) is 18.3 Å². The van der Waals surface area contributed by atoms with Gasteiger partial charge in [-0.2, -0.15) is 0 Å². The van der Waals surface area contributed by atoms with E-state index in [1.807, 2.05) is 17.0 Å². The topological polar surface area (TPSA) is 57.7 Å². The zero-order valence-corrected chi connectivity index (χ0v) is 17.7. The van der Waals surface area contributed by atoms with Gasteiger partial charge >= 0.3 is 0 Å². The number of nitrogens with one attached hydrogen (secondary N) is 1. The van der Waals surface area contributed by atoms with Crippen molar-refractivity contribution in [3.05, 3.63) is 23.9 Å². The number of likely N-dealkylation sites (tertiary alicyclic amines) is 1. The van der Waals surface area contributed by atoms with Gasteiger partial charge in [0, 0.05) is 44.5 Å². The molecular formula is C22H36N4O2. The number of aromatic nitrogens is 1. The van der Waals surface area contributed by atoms with Crippen LogP contribution in [0.5, 0.6) is 0 Å². The number of amides is 1. The number of pyridine rings is 1. The average molecular weight is 389 g/mol.